The van der Waals surface area contributed by atoms with Crippen LogP contribution in [0.1, 0.15) is 22.8 Å². The monoisotopic (exact) mass is 380 g/mol. The average Bonchev–Trinajstić information content (AvgIpc) is 3.12. The predicted octanol–water partition coefficient (Wildman–Crippen LogP) is 3.41. The van der Waals surface area contributed by atoms with Crippen LogP contribution in [-0.2, 0) is 4.74 Å². The smallest absolute Gasteiger partial charge is 0.343 e. The van der Waals surface area contributed by atoms with Gasteiger partial charge >= 0.3 is 5.97 Å². The largest absolute Gasteiger partial charge is 0.507 e. The van der Waals surface area contributed by atoms with Gasteiger partial charge in [-0.1, -0.05) is 18.2 Å². The van der Waals surface area contributed by atoms with E-state index in [0.717, 1.165) is 0 Å². The number of aliphatic imine (C=N–C) groups is 1. The van der Waals surface area contributed by atoms with Crippen LogP contribution in [0.4, 0.5) is 11.5 Å². The van der Waals surface area contributed by atoms with Gasteiger partial charge in [-0.2, -0.15) is 5.10 Å². The van der Waals surface area contributed by atoms with Crippen molar-refractivity contribution in [3.8, 4) is 11.4 Å². The molecule has 1 heterocycles. The molecule has 0 aliphatic rings. The van der Waals surface area contributed by atoms with E-state index in [0.29, 0.717) is 5.69 Å². The highest BCUT2D eigenvalue weighted by atomic mass is 16.6. The molecule has 9 nitrogen and oxygen atoms in total. The Hall–Kier alpha value is -4.01. The molecule has 1 aromatic heterocycles. The van der Waals surface area contributed by atoms with Crippen LogP contribution < -0.4 is 0 Å². The lowest BCUT2D eigenvalue weighted by molar-refractivity contribution is -0.384. The number of carbonyl (C=O) groups is 1. The van der Waals surface area contributed by atoms with Crippen molar-refractivity contribution in [3.05, 3.63) is 76.0 Å². The van der Waals surface area contributed by atoms with Gasteiger partial charge in [-0.15, -0.1) is 0 Å². The third-order valence-corrected chi connectivity index (χ3v) is 3.79. The van der Waals surface area contributed by atoms with Crippen LogP contribution in [0, 0.1) is 10.1 Å². The molecule has 3 aromatic rings. The fourth-order valence-corrected chi connectivity index (χ4v) is 2.47. The highest BCUT2D eigenvalue weighted by Crippen LogP contribution is 2.26. The van der Waals surface area contributed by atoms with Crippen LogP contribution in [-0.4, -0.2) is 38.6 Å². The number of phenols is 1. The molecule has 0 spiro atoms. The Bertz CT molecular complexity index is 1040. The standard InChI is InChI=1S/C19H16N4O5/c1-2-28-19(25)16-12-21-22(14-6-4-3-5-7-14)18(16)20-11-13-10-15(23(26)27)8-9-17(13)24/h3-12,24H,2H2,1H3/b20-11+. The lowest BCUT2D eigenvalue weighted by Crippen LogP contribution is -2.04. The van der Waals surface area contributed by atoms with Gasteiger partial charge in [0.2, 0.25) is 0 Å². The number of hydrogen-bond acceptors (Lipinski definition) is 7. The van der Waals surface area contributed by atoms with Crippen molar-refractivity contribution < 1.29 is 19.6 Å². The summed E-state index contributed by atoms with van der Waals surface area (Å²) in [6, 6.07) is 12.6. The van der Waals surface area contributed by atoms with Crippen LogP contribution in [0.5, 0.6) is 5.75 Å². The molecule has 0 amide bonds. The summed E-state index contributed by atoms with van der Waals surface area (Å²) < 4.78 is 6.48. The number of carbonyl (C=O) groups excluding carboxylic acids is 1. The quantitative estimate of drug-likeness (QED) is 0.303. The molecular formula is C19H16N4O5. The van der Waals surface area contributed by atoms with Crippen molar-refractivity contribution in [2.45, 2.75) is 6.92 Å². The summed E-state index contributed by atoms with van der Waals surface area (Å²) in [5, 5.41) is 25.1. The molecule has 0 unspecified atom stereocenters. The highest BCUT2D eigenvalue weighted by molar-refractivity contribution is 5.96. The number of nitro groups is 1. The molecule has 3 rings (SSSR count). The number of ether oxygens (including phenoxy) is 1. The number of para-hydroxylation sites is 1. The number of benzene rings is 2. The van der Waals surface area contributed by atoms with Crippen molar-refractivity contribution in [1.29, 1.82) is 0 Å². The molecule has 1 N–H and O–H groups in total. The second kappa shape index (κ2) is 8.12. The van der Waals surface area contributed by atoms with Gasteiger partial charge in [0.1, 0.15) is 11.3 Å². The normalized spacial score (nSPS) is 10.9. The van der Waals surface area contributed by atoms with E-state index >= 15 is 0 Å². The SMILES string of the molecule is CCOC(=O)c1cnn(-c2ccccc2)c1/N=C/c1cc([N+](=O)[O-])ccc1O. The fraction of sp³-hybridized carbons (Fsp3) is 0.105. The van der Waals surface area contributed by atoms with Gasteiger partial charge < -0.3 is 9.84 Å². The molecule has 0 aliphatic heterocycles. The van der Waals surface area contributed by atoms with Crippen molar-refractivity contribution in [3.63, 3.8) is 0 Å². The van der Waals surface area contributed by atoms with Crippen molar-refractivity contribution in [1.82, 2.24) is 9.78 Å². The van der Waals surface area contributed by atoms with Gasteiger partial charge in [0.05, 0.1) is 23.4 Å². The number of hydrogen-bond donors (Lipinski definition) is 1. The molecule has 0 saturated heterocycles. The van der Waals surface area contributed by atoms with Gasteiger partial charge in [-0.05, 0) is 25.1 Å². The van der Waals surface area contributed by atoms with Crippen LogP contribution in [0.3, 0.4) is 0 Å². The number of nitrogens with zero attached hydrogens (tertiary/aromatic N) is 4. The number of aromatic nitrogens is 2. The van der Waals surface area contributed by atoms with Crippen molar-refractivity contribution in [2.75, 3.05) is 6.61 Å². The number of rotatable bonds is 6. The zero-order valence-electron chi connectivity index (χ0n) is 14.8. The maximum atomic E-state index is 12.2. The molecular weight excluding hydrogens is 364 g/mol. The highest BCUT2D eigenvalue weighted by Gasteiger charge is 2.19. The van der Waals surface area contributed by atoms with Crippen molar-refractivity contribution in [2.24, 2.45) is 4.99 Å². The van der Waals surface area contributed by atoms with Crippen molar-refractivity contribution >= 4 is 23.7 Å². The zero-order chi connectivity index (χ0) is 20.1. The average molecular weight is 380 g/mol. The van der Waals surface area contributed by atoms with E-state index in [9.17, 15) is 20.0 Å². The number of non-ortho nitro benzene ring substituents is 1. The second-order valence-corrected chi connectivity index (χ2v) is 5.61. The summed E-state index contributed by atoms with van der Waals surface area (Å²) >= 11 is 0. The molecule has 0 aliphatic carbocycles. The Morgan fingerprint density at radius 1 is 1.32 bits per heavy atom. The van der Waals surface area contributed by atoms with E-state index in [-0.39, 0.29) is 35.0 Å². The lowest BCUT2D eigenvalue weighted by atomic mass is 10.2. The maximum Gasteiger partial charge on any atom is 0.343 e. The first-order valence-corrected chi connectivity index (χ1v) is 8.33. The van der Waals surface area contributed by atoms with E-state index < -0.39 is 10.9 Å². The molecule has 2 aromatic carbocycles. The van der Waals surface area contributed by atoms with Gasteiger partial charge in [0.15, 0.2) is 5.82 Å². The minimum absolute atomic E-state index is 0.129. The summed E-state index contributed by atoms with van der Waals surface area (Å²) in [6.45, 7) is 1.87. The number of aromatic hydroxyl groups is 1. The first kappa shape index (κ1) is 18.8. The molecule has 0 atom stereocenters. The lowest BCUT2D eigenvalue weighted by Gasteiger charge is -2.06. The molecule has 0 saturated carbocycles. The predicted molar refractivity (Wildman–Crippen MR) is 102 cm³/mol. The zero-order valence-corrected chi connectivity index (χ0v) is 14.8. The van der Waals surface area contributed by atoms with E-state index in [1.165, 1.54) is 35.3 Å². The van der Waals surface area contributed by atoms with Crippen LogP contribution in [0.25, 0.3) is 5.69 Å². The molecule has 0 fully saturated rings. The summed E-state index contributed by atoms with van der Waals surface area (Å²) in [5.41, 5.74) is 0.728. The minimum atomic E-state index is -0.597. The van der Waals surface area contributed by atoms with E-state index in [4.69, 9.17) is 4.74 Å². The summed E-state index contributed by atoms with van der Waals surface area (Å²) in [5.74, 6) is -0.603. The Balaban J connectivity index is 2.08. The van der Waals surface area contributed by atoms with Crippen LogP contribution >= 0.6 is 0 Å². The van der Waals surface area contributed by atoms with Crippen LogP contribution in [0.15, 0.2) is 59.7 Å². The van der Waals surface area contributed by atoms with E-state index in [2.05, 4.69) is 10.1 Å². The topological polar surface area (TPSA) is 120 Å². The number of nitro benzene ring substituents is 1. The fourth-order valence-electron chi connectivity index (χ4n) is 2.47. The first-order chi connectivity index (χ1) is 13.5. The van der Waals surface area contributed by atoms with E-state index in [1.54, 1.807) is 31.2 Å². The third kappa shape index (κ3) is 3.88. The number of esters is 1. The molecule has 28 heavy (non-hydrogen) atoms. The Morgan fingerprint density at radius 2 is 2.07 bits per heavy atom. The molecule has 142 valence electrons. The minimum Gasteiger partial charge on any atom is -0.507 e. The van der Waals surface area contributed by atoms with Gasteiger partial charge in [0.25, 0.3) is 5.69 Å². The summed E-state index contributed by atoms with van der Waals surface area (Å²) in [7, 11) is 0. The molecule has 0 bridgehead atoms. The Kier molecular flexibility index (Phi) is 5.45. The third-order valence-electron chi connectivity index (χ3n) is 3.79. The molecule has 0 radical (unpaired) electrons. The second-order valence-electron chi connectivity index (χ2n) is 5.61. The van der Waals surface area contributed by atoms with E-state index in [1.807, 2.05) is 6.07 Å². The first-order valence-electron chi connectivity index (χ1n) is 8.33. The van der Waals surface area contributed by atoms with Gasteiger partial charge in [-0.3, -0.25) is 10.1 Å². The Morgan fingerprint density at radius 3 is 2.75 bits per heavy atom. The number of phenolic OH excluding ortho intramolecular Hbond substituents is 1. The summed E-state index contributed by atoms with van der Waals surface area (Å²) in [6.07, 6.45) is 2.58. The van der Waals surface area contributed by atoms with Gasteiger partial charge in [0, 0.05) is 23.9 Å². The Labute approximate surface area is 159 Å². The summed E-state index contributed by atoms with van der Waals surface area (Å²) in [4.78, 5) is 26.9. The van der Waals surface area contributed by atoms with Crippen LogP contribution in [0.2, 0.25) is 0 Å². The van der Waals surface area contributed by atoms with Gasteiger partial charge in [-0.25, -0.2) is 14.5 Å². The molecule has 9 heteroatoms. The maximum absolute atomic E-state index is 12.2.